The zero-order valence-electron chi connectivity index (χ0n) is 24.5. The second-order valence-electron chi connectivity index (χ2n) is 12.7. The van der Waals surface area contributed by atoms with Crippen molar-refractivity contribution >= 4 is 23.3 Å². The molecule has 2 bridgehead atoms. The minimum atomic E-state index is -4.90. The average molecular weight is 620 g/mol. The van der Waals surface area contributed by atoms with Crippen LogP contribution in [-0.4, -0.2) is 54.2 Å². The predicted molar refractivity (Wildman–Crippen MR) is 153 cm³/mol. The lowest BCUT2D eigenvalue weighted by Gasteiger charge is -2.43. The van der Waals surface area contributed by atoms with Crippen molar-refractivity contribution < 1.29 is 36.6 Å². The van der Waals surface area contributed by atoms with E-state index in [4.69, 9.17) is 9.47 Å². The Morgan fingerprint density at radius 2 is 1.75 bits per heavy atom. The fraction of sp³-hybridized carbons (Fsp3) is 0.613. The second-order valence-corrected chi connectivity index (χ2v) is 12.7. The van der Waals surface area contributed by atoms with E-state index in [0.29, 0.717) is 29.8 Å². The van der Waals surface area contributed by atoms with Crippen LogP contribution in [0.25, 0.3) is 0 Å². The van der Waals surface area contributed by atoms with Crippen molar-refractivity contribution in [1.82, 2.24) is 15.3 Å². The quantitative estimate of drug-likeness (QED) is 0.347. The first kappa shape index (κ1) is 30.5. The van der Waals surface area contributed by atoms with Gasteiger partial charge in [0.2, 0.25) is 11.8 Å². The maximum absolute atomic E-state index is 13.9. The summed E-state index contributed by atoms with van der Waals surface area (Å²) in [6, 6.07) is 1.94. The molecule has 1 aliphatic heterocycles. The number of nitrogens with one attached hydrogen (secondary N) is 3. The van der Waals surface area contributed by atoms with Gasteiger partial charge in [0.25, 0.3) is 5.91 Å². The zero-order chi connectivity index (χ0) is 31.1. The first-order chi connectivity index (χ1) is 21.1. The number of carbonyl (C=O) groups is 2. The van der Waals surface area contributed by atoms with E-state index in [9.17, 15) is 27.2 Å². The van der Waals surface area contributed by atoms with Gasteiger partial charge in [0.05, 0.1) is 18.6 Å². The molecule has 6 rings (SSSR count). The summed E-state index contributed by atoms with van der Waals surface area (Å²) in [5.74, 6) is -2.64. The van der Waals surface area contributed by atoms with Crippen molar-refractivity contribution in [2.45, 2.75) is 76.0 Å². The molecule has 4 fully saturated rings. The van der Waals surface area contributed by atoms with Gasteiger partial charge >= 0.3 is 6.18 Å². The van der Waals surface area contributed by atoms with Gasteiger partial charge in [0.15, 0.2) is 0 Å². The van der Waals surface area contributed by atoms with Gasteiger partial charge < -0.3 is 25.4 Å². The fourth-order valence-electron chi connectivity index (χ4n) is 7.86. The molecular formula is C31H37F4N5O4. The highest BCUT2D eigenvalue weighted by Crippen LogP contribution is 2.49. The smallest absolute Gasteiger partial charge is 0.419 e. The first-order valence-corrected chi connectivity index (χ1v) is 15.3. The number of amides is 2. The van der Waals surface area contributed by atoms with E-state index >= 15 is 0 Å². The summed E-state index contributed by atoms with van der Waals surface area (Å²) in [5.41, 5.74) is -1.14. The van der Waals surface area contributed by atoms with Crippen LogP contribution in [0.4, 0.5) is 29.1 Å². The molecule has 3 aliphatic carbocycles. The van der Waals surface area contributed by atoms with Crippen LogP contribution in [0.15, 0.2) is 24.5 Å². The molecule has 4 aliphatic rings. The standard InChI is InChI=1S/C31H37F4N5O4/c1-43-29-24(26(36-16-37-29)38-19-6-8-30(9-7-19)10-12-44-13-11-30)28(42)40-25-18-3-2-17(14-18)23(25)27(41)39-20-4-5-22(32)21(15-20)31(33,34)35/h4-5,15-19,23,25H,2-3,6-14H2,1H3,(H,39,41)(H,40,42)(H,36,37,38)/t17-,18+,23+,25-/m1/s1. The van der Waals surface area contributed by atoms with Gasteiger partial charge in [-0.1, -0.05) is 0 Å². The van der Waals surface area contributed by atoms with Gasteiger partial charge in [0.1, 0.15) is 23.5 Å². The Morgan fingerprint density at radius 1 is 1.02 bits per heavy atom. The molecule has 13 heteroatoms. The van der Waals surface area contributed by atoms with E-state index in [0.717, 1.165) is 70.6 Å². The maximum atomic E-state index is 13.9. The molecule has 1 aromatic heterocycles. The van der Waals surface area contributed by atoms with Crippen molar-refractivity contribution in [2.24, 2.45) is 23.2 Å². The molecular weight excluding hydrogens is 582 g/mol. The largest absolute Gasteiger partial charge is 0.480 e. The number of hydrogen-bond acceptors (Lipinski definition) is 7. The summed E-state index contributed by atoms with van der Waals surface area (Å²) < 4.78 is 64.6. The molecule has 238 valence electrons. The third-order valence-corrected chi connectivity index (χ3v) is 10.2. The van der Waals surface area contributed by atoms with Crippen LogP contribution < -0.4 is 20.7 Å². The third-order valence-electron chi connectivity index (χ3n) is 10.2. The van der Waals surface area contributed by atoms with Gasteiger partial charge in [-0.25, -0.2) is 14.4 Å². The Labute approximate surface area is 252 Å². The van der Waals surface area contributed by atoms with E-state index in [1.54, 1.807) is 0 Å². The summed E-state index contributed by atoms with van der Waals surface area (Å²) in [6.45, 7) is 1.60. The Hall–Kier alpha value is -3.48. The van der Waals surface area contributed by atoms with Gasteiger partial charge in [0, 0.05) is 31.0 Å². The molecule has 0 unspecified atom stereocenters. The normalized spacial score (nSPS) is 26.4. The molecule has 1 spiro atoms. The molecule has 0 radical (unpaired) electrons. The number of benzene rings is 1. The monoisotopic (exact) mass is 619 g/mol. The minimum Gasteiger partial charge on any atom is -0.480 e. The number of methoxy groups -OCH3 is 1. The van der Waals surface area contributed by atoms with E-state index in [-0.39, 0.29) is 35.0 Å². The highest BCUT2D eigenvalue weighted by molar-refractivity contribution is 6.02. The van der Waals surface area contributed by atoms with Crippen molar-refractivity contribution in [2.75, 3.05) is 31.0 Å². The van der Waals surface area contributed by atoms with Crippen LogP contribution in [-0.2, 0) is 15.7 Å². The molecule has 9 nitrogen and oxygen atoms in total. The lowest BCUT2D eigenvalue weighted by Crippen LogP contribution is -2.48. The third kappa shape index (κ3) is 6.07. The van der Waals surface area contributed by atoms with Gasteiger partial charge in [-0.3, -0.25) is 9.59 Å². The zero-order valence-corrected chi connectivity index (χ0v) is 24.5. The SMILES string of the molecule is COc1ncnc(NC2CCC3(CCOCC3)CC2)c1C(=O)N[C@@H]1[C@H]2CC[C@H](C2)[C@@H]1C(=O)Nc1ccc(F)c(C(F)(F)F)c1. The van der Waals surface area contributed by atoms with Crippen molar-refractivity contribution in [3.05, 3.63) is 41.5 Å². The number of halogens is 4. The Morgan fingerprint density at radius 3 is 2.45 bits per heavy atom. The summed E-state index contributed by atoms with van der Waals surface area (Å²) in [5, 5.41) is 9.02. The summed E-state index contributed by atoms with van der Waals surface area (Å²) >= 11 is 0. The maximum Gasteiger partial charge on any atom is 0.419 e. The van der Waals surface area contributed by atoms with Crippen LogP contribution in [0.5, 0.6) is 5.88 Å². The number of ether oxygens (including phenoxy) is 2. The molecule has 2 aromatic rings. The topological polar surface area (TPSA) is 114 Å². The van der Waals surface area contributed by atoms with Crippen LogP contribution >= 0.6 is 0 Å². The molecule has 3 saturated carbocycles. The van der Waals surface area contributed by atoms with E-state index < -0.39 is 41.3 Å². The number of hydrogen-bond donors (Lipinski definition) is 3. The van der Waals surface area contributed by atoms with E-state index in [1.165, 1.54) is 13.4 Å². The molecule has 3 N–H and O–H groups in total. The Bertz CT molecular complexity index is 1390. The van der Waals surface area contributed by atoms with Crippen LogP contribution in [0.1, 0.15) is 73.7 Å². The summed E-state index contributed by atoms with van der Waals surface area (Å²) in [4.78, 5) is 35.9. The van der Waals surface area contributed by atoms with Crippen molar-refractivity contribution in [1.29, 1.82) is 0 Å². The highest BCUT2D eigenvalue weighted by Gasteiger charge is 2.52. The fourth-order valence-corrected chi connectivity index (χ4v) is 7.86. The van der Waals surface area contributed by atoms with Crippen molar-refractivity contribution in [3.8, 4) is 5.88 Å². The Kier molecular flexibility index (Phi) is 8.42. The molecule has 4 atom stereocenters. The summed E-state index contributed by atoms with van der Waals surface area (Å²) in [7, 11) is 1.42. The van der Waals surface area contributed by atoms with Crippen LogP contribution in [0.3, 0.4) is 0 Å². The minimum absolute atomic E-state index is 0.0275. The molecule has 1 saturated heterocycles. The first-order valence-electron chi connectivity index (χ1n) is 15.3. The van der Waals surface area contributed by atoms with Crippen molar-refractivity contribution in [3.63, 3.8) is 0 Å². The van der Waals surface area contributed by atoms with E-state index in [2.05, 4.69) is 25.9 Å². The number of nitrogens with zero attached hydrogens (tertiary/aromatic N) is 2. The molecule has 44 heavy (non-hydrogen) atoms. The number of rotatable bonds is 7. The van der Waals surface area contributed by atoms with Gasteiger partial charge in [-0.15, -0.1) is 0 Å². The number of aromatic nitrogens is 2. The molecule has 1 aromatic carbocycles. The summed E-state index contributed by atoms with van der Waals surface area (Å²) in [6.07, 6.45) is 4.87. The Balaban J connectivity index is 1.17. The van der Waals surface area contributed by atoms with E-state index in [1.807, 2.05) is 0 Å². The predicted octanol–water partition coefficient (Wildman–Crippen LogP) is 5.58. The molecule has 2 amide bonds. The number of anilines is 2. The average Bonchev–Trinajstić information content (AvgIpc) is 3.61. The number of alkyl halides is 3. The lowest BCUT2D eigenvalue weighted by molar-refractivity contribution is -0.140. The molecule has 2 heterocycles. The second kappa shape index (κ2) is 12.1. The number of fused-ring (bicyclic) bond motifs is 2. The van der Waals surface area contributed by atoms with Gasteiger partial charge in [-0.2, -0.15) is 13.2 Å². The highest BCUT2D eigenvalue weighted by atomic mass is 19.4. The number of carbonyl (C=O) groups excluding carboxylic acids is 2. The van der Waals surface area contributed by atoms with Crippen LogP contribution in [0.2, 0.25) is 0 Å². The van der Waals surface area contributed by atoms with Gasteiger partial charge in [-0.05, 0) is 93.2 Å². The lowest BCUT2D eigenvalue weighted by atomic mass is 9.68. The van der Waals surface area contributed by atoms with Crippen LogP contribution in [0, 0.1) is 29.0 Å².